The molecule has 22 heavy (non-hydrogen) atoms. The maximum absolute atomic E-state index is 11.5. The Balaban J connectivity index is 2.21. The number of benzene rings is 2. The van der Waals surface area contributed by atoms with Crippen molar-refractivity contribution in [3.63, 3.8) is 0 Å². The van der Waals surface area contributed by atoms with Crippen LogP contribution in [0.3, 0.4) is 0 Å². The molecule has 5 heteroatoms. The molecular formula is C17H16Cl2O3. The molecule has 0 spiro atoms. The van der Waals surface area contributed by atoms with Gasteiger partial charge in [-0.2, -0.15) is 0 Å². The van der Waals surface area contributed by atoms with Crippen LogP contribution in [0.25, 0.3) is 0 Å². The Hall–Kier alpha value is -1.71. The van der Waals surface area contributed by atoms with E-state index < -0.39 is 12.1 Å². The van der Waals surface area contributed by atoms with Crippen LogP contribution in [0.2, 0.25) is 10.0 Å². The zero-order valence-corrected chi connectivity index (χ0v) is 13.8. The number of carboxylic acids is 1. The van der Waals surface area contributed by atoms with E-state index in [-0.39, 0.29) is 6.42 Å². The molecule has 3 nitrogen and oxygen atoms in total. The monoisotopic (exact) mass is 338 g/mol. The van der Waals surface area contributed by atoms with Crippen molar-refractivity contribution in [1.29, 1.82) is 0 Å². The van der Waals surface area contributed by atoms with Gasteiger partial charge in [0.05, 0.1) is 0 Å². The van der Waals surface area contributed by atoms with Gasteiger partial charge in [-0.05, 0) is 54.8 Å². The Morgan fingerprint density at radius 1 is 1.18 bits per heavy atom. The topological polar surface area (TPSA) is 46.5 Å². The van der Waals surface area contributed by atoms with Crippen LogP contribution < -0.4 is 4.74 Å². The summed E-state index contributed by atoms with van der Waals surface area (Å²) in [5.74, 6) is -0.541. The van der Waals surface area contributed by atoms with Gasteiger partial charge in [0.2, 0.25) is 0 Å². The standard InChI is InChI=1S/C17H16Cl2O3/c1-10-8-13(6-7-14(10)18)22-16(17(20)21)9-12-4-3-5-15(19)11(12)2/h3-8,16H,9H2,1-2H3,(H,20,21). The second kappa shape index (κ2) is 7.03. The molecule has 1 unspecified atom stereocenters. The number of rotatable bonds is 5. The second-order valence-corrected chi connectivity index (χ2v) is 5.90. The van der Waals surface area contributed by atoms with Crippen LogP contribution >= 0.6 is 23.2 Å². The summed E-state index contributed by atoms with van der Waals surface area (Å²) >= 11 is 12.0. The van der Waals surface area contributed by atoms with Crippen LogP contribution in [0.4, 0.5) is 0 Å². The molecule has 0 fully saturated rings. The van der Waals surface area contributed by atoms with Crippen molar-refractivity contribution in [2.24, 2.45) is 0 Å². The number of halogens is 2. The quantitative estimate of drug-likeness (QED) is 0.860. The lowest BCUT2D eigenvalue weighted by Crippen LogP contribution is -2.29. The highest BCUT2D eigenvalue weighted by atomic mass is 35.5. The Morgan fingerprint density at radius 3 is 2.55 bits per heavy atom. The maximum Gasteiger partial charge on any atom is 0.345 e. The van der Waals surface area contributed by atoms with Crippen molar-refractivity contribution >= 4 is 29.2 Å². The summed E-state index contributed by atoms with van der Waals surface area (Å²) in [6, 6.07) is 10.5. The molecule has 0 aromatic heterocycles. The minimum absolute atomic E-state index is 0.239. The number of aliphatic carboxylic acids is 1. The number of hydrogen-bond acceptors (Lipinski definition) is 2. The molecule has 0 aliphatic heterocycles. The number of aryl methyl sites for hydroxylation is 1. The molecule has 2 aromatic rings. The third-order valence-electron chi connectivity index (χ3n) is 3.47. The summed E-state index contributed by atoms with van der Waals surface area (Å²) in [7, 11) is 0. The normalized spacial score (nSPS) is 12.0. The van der Waals surface area contributed by atoms with E-state index in [1.807, 2.05) is 19.9 Å². The van der Waals surface area contributed by atoms with Crippen LogP contribution in [0.15, 0.2) is 36.4 Å². The number of hydrogen-bond donors (Lipinski definition) is 1. The van der Waals surface area contributed by atoms with Crippen molar-refractivity contribution < 1.29 is 14.6 Å². The molecule has 0 heterocycles. The lowest BCUT2D eigenvalue weighted by atomic mass is 10.0. The van der Waals surface area contributed by atoms with Gasteiger partial charge in [-0.1, -0.05) is 35.3 Å². The molecule has 2 rings (SSSR count). The first kappa shape index (κ1) is 16.7. The summed E-state index contributed by atoms with van der Waals surface area (Å²) in [5, 5.41) is 10.6. The summed E-state index contributed by atoms with van der Waals surface area (Å²) in [4.78, 5) is 11.5. The van der Waals surface area contributed by atoms with Crippen LogP contribution in [0, 0.1) is 13.8 Å². The van der Waals surface area contributed by atoms with Crippen molar-refractivity contribution in [1.82, 2.24) is 0 Å². The van der Waals surface area contributed by atoms with E-state index in [2.05, 4.69) is 0 Å². The largest absolute Gasteiger partial charge is 0.478 e. The van der Waals surface area contributed by atoms with Gasteiger partial charge in [-0.25, -0.2) is 4.79 Å². The van der Waals surface area contributed by atoms with E-state index in [0.717, 1.165) is 16.7 Å². The van der Waals surface area contributed by atoms with E-state index in [4.69, 9.17) is 27.9 Å². The minimum atomic E-state index is -1.02. The first-order valence-electron chi connectivity index (χ1n) is 6.78. The average Bonchev–Trinajstić information content (AvgIpc) is 2.46. The molecule has 0 radical (unpaired) electrons. The fourth-order valence-electron chi connectivity index (χ4n) is 2.11. The maximum atomic E-state index is 11.5. The Labute approximate surface area is 139 Å². The highest BCUT2D eigenvalue weighted by Gasteiger charge is 2.21. The Kier molecular flexibility index (Phi) is 5.33. The van der Waals surface area contributed by atoms with Crippen LogP contribution in [-0.2, 0) is 11.2 Å². The Morgan fingerprint density at radius 2 is 1.91 bits per heavy atom. The highest BCUT2D eigenvalue weighted by molar-refractivity contribution is 6.31. The van der Waals surface area contributed by atoms with Crippen LogP contribution in [0.1, 0.15) is 16.7 Å². The predicted octanol–water partition coefficient (Wildman–Crippen LogP) is 4.68. The molecule has 0 saturated heterocycles. The molecule has 0 aliphatic carbocycles. The number of carboxylic acid groups (broad SMARTS) is 1. The summed E-state index contributed by atoms with van der Waals surface area (Å²) < 4.78 is 5.61. The van der Waals surface area contributed by atoms with E-state index in [9.17, 15) is 9.90 Å². The van der Waals surface area contributed by atoms with E-state index in [0.29, 0.717) is 15.8 Å². The number of ether oxygens (including phenoxy) is 1. The first-order chi connectivity index (χ1) is 10.4. The highest BCUT2D eigenvalue weighted by Crippen LogP contribution is 2.24. The summed E-state index contributed by atoms with van der Waals surface area (Å²) in [5.41, 5.74) is 2.55. The van der Waals surface area contributed by atoms with Crippen molar-refractivity contribution in [2.45, 2.75) is 26.4 Å². The molecule has 1 atom stereocenters. The van der Waals surface area contributed by atoms with Crippen molar-refractivity contribution in [3.05, 3.63) is 63.1 Å². The van der Waals surface area contributed by atoms with Gasteiger partial charge in [-0.3, -0.25) is 0 Å². The van der Waals surface area contributed by atoms with Gasteiger partial charge in [0.1, 0.15) is 5.75 Å². The molecule has 0 bridgehead atoms. The molecule has 0 saturated carbocycles. The van der Waals surface area contributed by atoms with Gasteiger partial charge in [0.15, 0.2) is 6.10 Å². The van der Waals surface area contributed by atoms with Crippen LogP contribution in [-0.4, -0.2) is 17.2 Å². The Bertz CT molecular complexity index is 698. The lowest BCUT2D eigenvalue weighted by Gasteiger charge is -2.17. The minimum Gasteiger partial charge on any atom is -0.478 e. The second-order valence-electron chi connectivity index (χ2n) is 5.08. The average molecular weight is 339 g/mol. The summed E-state index contributed by atoms with van der Waals surface area (Å²) in [6.45, 7) is 3.70. The smallest absolute Gasteiger partial charge is 0.345 e. The molecule has 1 N–H and O–H groups in total. The van der Waals surface area contributed by atoms with Gasteiger partial charge in [0, 0.05) is 16.5 Å². The van der Waals surface area contributed by atoms with Crippen molar-refractivity contribution in [2.75, 3.05) is 0 Å². The van der Waals surface area contributed by atoms with Crippen LogP contribution in [0.5, 0.6) is 5.75 Å². The third-order valence-corrected chi connectivity index (χ3v) is 4.30. The van der Waals surface area contributed by atoms with Gasteiger partial charge < -0.3 is 9.84 Å². The molecule has 2 aromatic carbocycles. The predicted molar refractivity (Wildman–Crippen MR) is 88.1 cm³/mol. The van der Waals surface area contributed by atoms with Gasteiger partial charge >= 0.3 is 5.97 Å². The SMILES string of the molecule is Cc1cc(OC(Cc2cccc(Cl)c2C)C(=O)O)ccc1Cl. The molecule has 0 amide bonds. The van der Waals surface area contributed by atoms with E-state index >= 15 is 0 Å². The first-order valence-corrected chi connectivity index (χ1v) is 7.53. The zero-order chi connectivity index (χ0) is 16.3. The molecule has 116 valence electrons. The molecule has 0 aliphatic rings. The van der Waals surface area contributed by atoms with Crippen molar-refractivity contribution in [3.8, 4) is 5.75 Å². The van der Waals surface area contributed by atoms with Gasteiger partial charge in [0.25, 0.3) is 0 Å². The number of carbonyl (C=O) groups is 1. The fraction of sp³-hybridized carbons (Fsp3) is 0.235. The summed E-state index contributed by atoms with van der Waals surface area (Å²) in [6.07, 6.45) is -0.749. The third kappa shape index (κ3) is 3.93. The zero-order valence-electron chi connectivity index (χ0n) is 12.3. The lowest BCUT2D eigenvalue weighted by molar-refractivity contribution is -0.145. The fourth-order valence-corrected chi connectivity index (χ4v) is 2.42. The van der Waals surface area contributed by atoms with Gasteiger partial charge in [-0.15, -0.1) is 0 Å². The van der Waals surface area contributed by atoms with E-state index in [1.54, 1.807) is 30.3 Å². The molecular weight excluding hydrogens is 323 g/mol. The van der Waals surface area contributed by atoms with E-state index in [1.165, 1.54) is 0 Å².